The Labute approximate surface area is 177 Å². The molecule has 0 unspecified atom stereocenters. The van der Waals surface area contributed by atoms with Crippen molar-refractivity contribution in [3.8, 4) is 0 Å². The van der Waals surface area contributed by atoms with E-state index < -0.39 is 12.1 Å². The van der Waals surface area contributed by atoms with E-state index in [2.05, 4.69) is 15.3 Å². The van der Waals surface area contributed by atoms with Gasteiger partial charge in [-0.3, -0.25) is 19.4 Å². The van der Waals surface area contributed by atoms with Crippen molar-refractivity contribution < 1.29 is 24.6 Å². The number of fused-ring (bicyclic) bond motifs is 1. The number of aromatic nitrogens is 2. The summed E-state index contributed by atoms with van der Waals surface area (Å²) in [5.41, 5.74) is 5.14. The van der Waals surface area contributed by atoms with Crippen LogP contribution in [0.5, 0.6) is 0 Å². The summed E-state index contributed by atoms with van der Waals surface area (Å²) in [6.45, 7) is 2.88. The average Bonchev–Trinajstić information content (AvgIpc) is 3.39. The molecule has 0 saturated heterocycles. The van der Waals surface area contributed by atoms with Crippen LogP contribution in [0.25, 0.3) is 0 Å². The van der Waals surface area contributed by atoms with Gasteiger partial charge in [0.15, 0.2) is 0 Å². The summed E-state index contributed by atoms with van der Waals surface area (Å²) < 4.78 is 0. The molecule has 3 heterocycles. The molecule has 2 aromatic rings. The molecule has 3 N–H and O–H groups in total. The number of aliphatic hydroxyl groups excluding tert-OH is 1. The van der Waals surface area contributed by atoms with Crippen LogP contribution in [0.2, 0.25) is 0 Å². The minimum atomic E-state index is -0.640. The number of aliphatic hydroxyl groups is 1. The molecule has 1 saturated carbocycles. The van der Waals surface area contributed by atoms with Crippen LogP contribution in [-0.2, 0) is 22.7 Å². The van der Waals surface area contributed by atoms with Gasteiger partial charge in [0.05, 0.1) is 17.7 Å². The maximum Gasteiger partial charge on any atom is 0.290 e. The number of carbonyl (C=O) groups excluding carboxylic acids is 2. The van der Waals surface area contributed by atoms with E-state index in [0.717, 1.165) is 16.8 Å². The highest BCUT2D eigenvalue weighted by atomic mass is 32.1. The molecule has 30 heavy (non-hydrogen) atoms. The average molecular weight is 433 g/mol. The molecule has 3 atom stereocenters. The van der Waals surface area contributed by atoms with Gasteiger partial charge in [0.2, 0.25) is 5.91 Å². The summed E-state index contributed by atoms with van der Waals surface area (Å²) in [4.78, 5) is 43.8. The zero-order valence-corrected chi connectivity index (χ0v) is 17.3. The Bertz CT molecular complexity index is 905. The first-order valence-corrected chi connectivity index (χ1v) is 10.5. The first-order valence-electron chi connectivity index (χ1n) is 9.61. The third-order valence-electron chi connectivity index (χ3n) is 5.40. The lowest BCUT2D eigenvalue weighted by Gasteiger charge is -2.34. The molecule has 2 amide bonds. The van der Waals surface area contributed by atoms with E-state index in [-0.39, 0.29) is 24.2 Å². The van der Waals surface area contributed by atoms with Crippen LogP contribution in [0.15, 0.2) is 23.2 Å². The molecule has 2 aliphatic rings. The van der Waals surface area contributed by atoms with Gasteiger partial charge >= 0.3 is 0 Å². The Balaban J connectivity index is 0.000000806. The Morgan fingerprint density at radius 3 is 2.70 bits per heavy atom. The molecule has 2 aromatic heterocycles. The molecule has 0 radical (unpaired) electrons. The van der Waals surface area contributed by atoms with E-state index in [9.17, 15) is 14.7 Å². The number of pyridine rings is 1. The maximum absolute atomic E-state index is 13.0. The van der Waals surface area contributed by atoms with Gasteiger partial charge in [0, 0.05) is 36.3 Å². The number of nitrogens with zero attached hydrogens (tertiary/aromatic N) is 3. The van der Waals surface area contributed by atoms with Crippen molar-refractivity contribution in [2.75, 3.05) is 0 Å². The highest BCUT2D eigenvalue weighted by Crippen LogP contribution is 2.30. The van der Waals surface area contributed by atoms with Crippen LogP contribution in [0.3, 0.4) is 0 Å². The van der Waals surface area contributed by atoms with Crippen molar-refractivity contribution in [2.24, 2.45) is 5.92 Å². The second-order valence-electron chi connectivity index (χ2n) is 7.43. The lowest BCUT2D eigenvalue weighted by Crippen LogP contribution is -2.49. The van der Waals surface area contributed by atoms with Crippen molar-refractivity contribution in [3.63, 3.8) is 0 Å². The number of hydrogen-bond acceptors (Lipinski definition) is 7. The number of amides is 2. The Hall–Kier alpha value is -2.85. The third kappa shape index (κ3) is 5.00. The minimum absolute atomic E-state index is 0.0867. The van der Waals surface area contributed by atoms with Crippen molar-refractivity contribution >= 4 is 29.6 Å². The van der Waals surface area contributed by atoms with Crippen LogP contribution in [0, 0.1) is 12.8 Å². The van der Waals surface area contributed by atoms with Crippen molar-refractivity contribution in [3.05, 3.63) is 45.7 Å². The Morgan fingerprint density at radius 1 is 1.27 bits per heavy atom. The third-order valence-corrected chi connectivity index (χ3v) is 5.98. The van der Waals surface area contributed by atoms with E-state index >= 15 is 0 Å². The van der Waals surface area contributed by atoms with Gasteiger partial charge in [-0.1, -0.05) is 0 Å². The zero-order chi connectivity index (χ0) is 21.7. The Morgan fingerprint density at radius 2 is 2.00 bits per heavy atom. The van der Waals surface area contributed by atoms with Crippen LogP contribution < -0.4 is 5.32 Å². The van der Waals surface area contributed by atoms with E-state index in [4.69, 9.17) is 9.90 Å². The summed E-state index contributed by atoms with van der Waals surface area (Å²) >= 11 is 1.35. The fourth-order valence-electron chi connectivity index (χ4n) is 3.92. The summed E-state index contributed by atoms with van der Waals surface area (Å²) in [7, 11) is 0. The van der Waals surface area contributed by atoms with Crippen LogP contribution >= 0.6 is 11.3 Å². The molecule has 4 rings (SSSR count). The number of nitrogens with one attached hydrogen (secondary N) is 1. The fourth-order valence-corrected chi connectivity index (χ4v) is 4.45. The van der Waals surface area contributed by atoms with Gasteiger partial charge in [0.1, 0.15) is 5.69 Å². The minimum Gasteiger partial charge on any atom is -0.483 e. The van der Waals surface area contributed by atoms with Crippen molar-refractivity contribution in [1.29, 1.82) is 0 Å². The van der Waals surface area contributed by atoms with Crippen molar-refractivity contribution in [1.82, 2.24) is 20.2 Å². The van der Waals surface area contributed by atoms with Gasteiger partial charge in [-0.25, -0.2) is 4.98 Å². The summed E-state index contributed by atoms with van der Waals surface area (Å²) in [6.07, 6.45) is 2.78. The number of carbonyl (C=O) groups is 3. The van der Waals surface area contributed by atoms with Gasteiger partial charge in [0.25, 0.3) is 12.4 Å². The second-order valence-corrected chi connectivity index (χ2v) is 8.14. The fraction of sp³-hybridized carbons (Fsp3) is 0.450. The number of thiazole rings is 1. The van der Waals surface area contributed by atoms with Gasteiger partial charge in [-0.2, -0.15) is 0 Å². The summed E-state index contributed by atoms with van der Waals surface area (Å²) in [6, 6.07) is 1.60. The first-order chi connectivity index (χ1) is 14.4. The van der Waals surface area contributed by atoms with E-state index in [1.165, 1.54) is 11.3 Å². The van der Waals surface area contributed by atoms with E-state index in [1.54, 1.807) is 10.9 Å². The van der Waals surface area contributed by atoms with Gasteiger partial charge in [-0.05, 0) is 43.4 Å². The maximum atomic E-state index is 13.0. The quantitative estimate of drug-likeness (QED) is 0.624. The molecule has 1 aliphatic carbocycles. The number of rotatable bonds is 3. The molecule has 1 fully saturated rings. The molecular formula is C20H24N4O5S. The van der Waals surface area contributed by atoms with E-state index in [0.29, 0.717) is 38.0 Å². The van der Waals surface area contributed by atoms with E-state index in [1.807, 2.05) is 24.1 Å². The molecule has 9 nitrogen and oxygen atoms in total. The lowest BCUT2D eigenvalue weighted by atomic mass is 9.83. The molecule has 0 bridgehead atoms. The predicted molar refractivity (Wildman–Crippen MR) is 109 cm³/mol. The van der Waals surface area contributed by atoms with Crippen molar-refractivity contribution in [2.45, 2.75) is 51.4 Å². The molecule has 0 aromatic carbocycles. The monoisotopic (exact) mass is 432 g/mol. The number of hydrogen-bond donors (Lipinski definition) is 3. The molecular weight excluding hydrogens is 408 g/mol. The highest BCUT2D eigenvalue weighted by molar-refractivity contribution is 7.07. The van der Waals surface area contributed by atoms with Gasteiger partial charge in [-0.15, -0.1) is 11.3 Å². The highest BCUT2D eigenvalue weighted by Gasteiger charge is 2.37. The lowest BCUT2D eigenvalue weighted by molar-refractivity contribution is -0.138. The molecule has 0 spiro atoms. The van der Waals surface area contributed by atoms with Gasteiger partial charge < -0.3 is 20.4 Å². The SMILES string of the molecule is Cc1cc2c(cn1)CN(C(=O)[C@H]1CC[C@@H](O)[C@H](NC(=O)c3cscn3)C1)C2.O=CO. The van der Waals surface area contributed by atoms with Crippen LogP contribution in [-0.4, -0.2) is 55.5 Å². The summed E-state index contributed by atoms with van der Waals surface area (Å²) in [5.74, 6) is -0.412. The summed E-state index contributed by atoms with van der Waals surface area (Å²) in [5, 5.41) is 21.7. The molecule has 10 heteroatoms. The Kier molecular flexibility index (Phi) is 7.11. The standard InChI is InChI=1S/C19H22N4O3S.CH2O2/c1-11-4-13-7-23(8-14(13)6-20-11)19(26)12-2-3-17(24)15(5-12)22-18(25)16-9-27-10-21-16;2-1-3/h4,6,9-10,12,15,17,24H,2-3,5,7-8H2,1H3,(H,22,25);1H,(H,2,3)/t12-,15+,17+;/m0./s1. The predicted octanol–water partition coefficient (Wildman–Crippen LogP) is 1.35. The van der Waals surface area contributed by atoms with Crippen LogP contribution in [0.1, 0.15) is 46.6 Å². The molecule has 160 valence electrons. The smallest absolute Gasteiger partial charge is 0.290 e. The number of carboxylic acid groups (broad SMARTS) is 1. The topological polar surface area (TPSA) is 133 Å². The first kappa shape index (κ1) is 21.8. The second kappa shape index (κ2) is 9.77. The number of aryl methyl sites for hydroxylation is 1. The zero-order valence-electron chi connectivity index (χ0n) is 16.5. The largest absolute Gasteiger partial charge is 0.483 e. The normalized spacial score (nSPS) is 22.5. The van der Waals surface area contributed by atoms with Crippen LogP contribution in [0.4, 0.5) is 0 Å². The molecule has 1 aliphatic heterocycles.